The number of nitriles is 1. The molecule has 1 N–H and O–H groups in total. The Labute approximate surface area is 213 Å². The van der Waals surface area contributed by atoms with Gasteiger partial charge >= 0.3 is 5.69 Å². The zero-order valence-electron chi connectivity index (χ0n) is 19.3. The second-order valence-corrected chi connectivity index (χ2v) is 9.62. The van der Waals surface area contributed by atoms with Crippen molar-refractivity contribution < 1.29 is 4.92 Å². The van der Waals surface area contributed by atoms with Crippen LogP contribution in [0.3, 0.4) is 0 Å². The lowest BCUT2D eigenvalue weighted by Gasteiger charge is -2.31. The summed E-state index contributed by atoms with van der Waals surface area (Å²) >= 11 is 12.6. The molecule has 1 saturated heterocycles. The van der Waals surface area contributed by atoms with E-state index >= 15 is 0 Å². The largest absolute Gasteiger partial charge is 0.353 e. The Balaban J connectivity index is 1.69. The number of benzene rings is 2. The fourth-order valence-electron chi connectivity index (χ4n) is 4.41. The van der Waals surface area contributed by atoms with E-state index in [1.54, 1.807) is 30.3 Å². The zero-order chi connectivity index (χ0) is 25.1. The number of aryl methyl sites for hydroxylation is 1. The Bertz CT molecular complexity index is 1290. The third kappa shape index (κ3) is 5.31. The first-order valence-electron chi connectivity index (χ1n) is 11.2. The summed E-state index contributed by atoms with van der Waals surface area (Å²) in [4.78, 5) is 22.0. The molecule has 1 aromatic heterocycles. The highest BCUT2D eigenvalue weighted by atomic mass is 35.5. The Kier molecular flexibility index (Phi) is 7.39. The van der Waals surface area contributed by atoms with Crippen molar-refractivity contribution in [1.29, 1.82) is 5.26 Å². The first kappa shape index (κ1) is 24.7. The number of hydrogen-bond acceptors (Lipinski definition) is 7. The van der Waals surface area contributed by atoms with Crippen LogP contribution < -0.4 is 10.2 Å². The number of hydrogen-bond donors (Lipinski definition) is 1. The van der Waals surface area contributed by atoms with E-state index in [-0.39, 0.29) is 11.5 Å². The molecule has 0 amide bonds. The molecule has 1 fully saturated rings. The van der Waals surface area contributed by atoms with Crippen LogP contribution >= 0.6 is 23.2 Å². The molecule has 2 unspecified atom stereocenters. The molecule has 3 aromatic rings. The van der Waals surface area contributed by atoms with Crippen LogP contribution in [0, 0.1) is 34.3 Å². The summed E-state index contributed by atoms with van der Waals surface area (Å²) in [6.07, 6.45) is 3.38. The summed E-state index contributed by atoms with van der Waals surface area (Å²) in [7, 11) is 0. The van der Waals surface area contributed by atoms with Gasteiger partial charge in [0, 0.05) is 28.8 Å². The highest BCUT2D eigenvalue weighted by Crippen LogP contribution is 2.38. The molecule has 1 aliphatic heterocycles. The third-order valence-electron chi connectivity index (χ3n) is 6.18. The molecule has 0 spiro atoms. The van der Waals surface area contributed by atoms with Crippen molar-refractivity contribution in [2.45, 2.75) is 32.6 Å². The van der Waals surface area contributed by atoms with E-state index in [1.807, 2.05) is 17.9 Å². The maximum atomic E-state index is 12.1. The monoisotopic (exact) mass is 510 g/mol. The first-order chi connectivity index (χ1) is 16.8. The Morgan fingerprint density at radius 2 is 2.00 bits per heavy atom. The fourth-order valence-corrected chi connectivity index (χ4v) is 4.81. The molecule has 8 nitrogen and oxygen atoms in total. The van der Waals surface area contributed by atoms with Gasteiger partial charge < -0.3 is 10.2 Å². The van der Waals surface area contributed by atoms with Crippen molar-refractivity contribution >= 4 is 46.2 Å². The maximum Gasteiger partial charge on any atom is 0.353 e. The van der Waals surface area contributed by atoms with E-state index < -0.39 is 10.8 Å². The predicted octanol–water partition coefficient (Wildman–Crippen LogP) is 6.64. The molecular weight excluding hydrogens is 487 g/mol. The SMILES string of the molecule is Cc1cc(C(C#N)c2ccc(Cl)cc2)c(Cl)cc1Nc1ncnc(N2CCCC(C)C2)c1[N+](=O)[O-]. The molecule has 4 rings (SSSR count). The number of rotatable bonds is 6. The van der Waals surface area contributed by atoms with Crippen molar-refractivity contribution in [3.05, 3.63) is 79.6 Å². The molecule has 2 aromatic carbocycles. The van der Waals surface area contributed by atoms with Crippen molar-refractivity contribution in [3.8, 4) is 6.07 Å². The lowest BCUT2D eigenvalue weighted by molar-refractivity contribution is -0.383. The number of piperidine rings is 1. The molecule has 0 saturated carbocycles. The second-order valence-electron chi connectivity index (χ2n) is 8.77. The Hall–Kier alpha value is -3.41. The van der Waals surface area contributed by atoms with Gasteiger partial charge in [-0.25, -0.2) is 9.97 Å². The molecule has 0 bridgehead atoms. The van der Waals surface area contributed by atoms with Crippen LogP contribution in [-0.2, 0) is 0 Å². The Morgan fingerprint density at radius 1 is 1.26 bits per heavy atom. The van der Waals surface area contributed by atoms with Gasteiger partial charge in [0.1, 0.15) is 6.33 Å². The number of halogens is 2. The van der Waals surface area contributed by atoms with Gasteiger partial charge in [-0.2, -0.15) is 5.26 Å². The van der Waals surface area contributed by atoms with E-state index in [2.05, 4.69) is 28.3 Å². The van der Waals surface area contributed by atoms with Crippen LogP contribution in [0.4, 0.5) is 23.0 Å². The van der Waals surface area contributed by atoms with E-state index in [0.717, 1.165) is 24.0 Å². The van der Waals surface area contributed by atoms with Gasteiger partial charge in [-0.3, -0.25) is 10.1 Å². The summed E-state index contributed by atoms with van der Waals surface area (Å²) in [5.41, 5.74) is 2.56. The van der Waals surface area contributed by atoms with Crippen molar-refractivity contribution in [2.24, 2.45) is 5.92 Å². The minimum Gasteiger partial charge on any atom is -0.350 e. The topological polar surface area (TPSA) is 108 Å². The van der Waals surface area contributed by atoms with Gasteiger partial charge in [0.15, 0.2) is 0 Å². The summed E-state index contributed by atoms with van der Waals surface area (Å²) in [5.74, 6) is 0.247. The standard InChI is InChI=1S/C25H24Cl2N6O2/c1-15-4-3-9-32(13-15)25-23(33(34)35)24(29-14-30-25)31-22-11-21(27)19(10-16(22)2)20(12-28)17-5-7-18(26)8-6-17/h5-8,10-11,14-15,20H,3-4,9,13H2,1-2H3,(H,29,30,31). The van der Waals surface area contributed by atoms with Gasteiger partial charge in [0.25, 0.3) is 0 Å². The first-order valence-corrected chi connectivity index (χ1v) is 12.0. The molecular formula is C25H24Cl2N6O2. The highest BCUT2D eigenvalue weighted by molar-refractivity contribution is 6.32. The molecule has 10 heteroatoms. The molecule has 2 heterocycles. The minimum absolute atomic E-state index is 0.0969. The average Bonchev–Trinajstić information content (AvgIpc) is 2.83. The zero-order valence-corrected chi connectivity index (χ0v) is 20.8. The van der Waals surface area contributed by atoms with Gasteiger partial charge in [-0.05, 0) is 60.6 Å². The molecule has 35 heavy (non-hydrogen) atoms. The lowest BCUT2D eigenvalue weighted by atomic mass is 9.91. The number of nitrogens with one attached hydrogen (secondary N) is 1. The van der Waals surface area contributed by atoms with Gasteiger partial charge in [-0.1, -0.05) is 48.3 Å². The van der Waals surface area contributed by atoms with E-state index in [1.165, 1.54) is 6.33 Å². The second kappa shape index (κ2) is 10.5. The number of aromatic nitrogens is 2. The molecule has 2 atom stereocenters. The fraction of sp³-hybridized carbons (Fsp3) is 0.320. The maximum absolute atomic E-state index is 12.1. The summed E-state index contributed by atoms with van der Waals surface area (Å²) in [6, 6.07) is 12.8. The summed E-state index contributed by atoms with van der Waals surface area (Å²) in [5, 5.41) is 25.9. The average molecular weight is 511 g/mol. The van der Waals surface area contributed by atoms with Crippen LogP contribution in [0.5, 0.6) is 0 Å². The van der Waals surface area contributed by atoms with E-state index in [0.29, 0.717) is 46.1 Å². The highest BCUT2D eigenvalue weighted by Gasteiger charge is 2.30. The lowest BCUT2D eigenvalue weighted by Crippen LogP contribution is -2.35. The van der Waals surface area contributed by atoms with Gasteiger partial charge in [0.05, 0.1) is 16.9 Å². The van der Waals surface area contributed by atoms with Crippen LogP contribution in [0.2, 0.25) is 10.0 Å². The van der Waals surface area contributed by atoms with Crippen molar-refractivity contribution in [1.82, 2.24) is 9.97 Å². The van der Waals surface area contributed by atoms with Crippen LogP contribution in [0.1, 0.15) is 42.4 Å². The Morgan fingerprint density at radius 3 is 2.66 bits per heavy atom. The summed E-state index contributed by atoms with van der Waals surface area (Å²) in [6.45, 7) is 5.39. The molecule has 0 radical (unpaired) electrons. The van der Waals surface area contributed by atoms with Crippen molar-refractivity contribution in [3.63, 3.8) is 0 Å². The van der Waals surface area contributed by atoms with Crippen LogP contribution in [0.25, 0.3) is 0 Å². The summed E-state index contributed by atoms with van der Waals surface area (Å²) < 4.78 is 0. The number of nitro groups is 1. The van der Waals surface area contributed by atoms with E-state index in [4.69, 9.17) is 23.2 Å². The van der Waals surface area contributed by atoms with Crippen molar-refractivity contribution in [2.75, 3.05) is 23.3 Å². The van der Waals surface area contributed by atoms with E-state index in [9.17, 15) is 15.4 Å². The molecule has 180 valence electrons. The van der Waals surface area contributed by atoms with Crippen LogP contribution in [-0.4, -0.2) is 28.0 Å². The molecule has 1 aliphatic rings. The third-order valence-corrected chi connectivity index (χ3v) is 6.76. The number of nitrogens with zero attached hydrogens (tertiary/aromatic N) is 5. The smallest absolute Gasteiger partial charge is 0.350 e. The van der Waals surface area contributed by atoms with Gasteiger partial charge in [0.2, 0.25) is 11.6 Å². The number of anilines is 3. The van der Waals surface area contributed by atoms with Gasteiger partial charge in [-0.15, -0.1) is 0 Å². The molecule has 0 aliphatic carbocycles. The van der Waals surface area contributed by atoms with Crippen LogP contribution in [0.15, 0.2) is 42.7 Å². The predicted molar refractivity (Wildman–Crippen MR) is 138 cm³/mol. The normalized spacial score (nSPS) is 16.4. The quantitative estimate of drug-likeness (QED) is 0.292. The minimum atomic E-state index is -0.589.